The lowest BCUT2D eigenvalue weighted by molar-refractivity contribution is -0.116. The number of thiocarbonyl (C=S) groups is 1. The molecule has 6 nitrogen and oxygen atoms in total. The Morgan fingerprint density at radius 3 is 2.58 bits per heavy atom. The van der Waals surface area contributed by atoms with Gasteiger partial charge in [0.15, 0.2) is 5.11 Å². The molecule has 2 atom stereocenters. The number of anilines is 1. The van der Waals surface area contributed by atoms with E-state index in [9.17, 15) is 4.79 Å². The van der Waals surface area contributed by atoms with Gasteiger partial charge in [-0.1, -0.05) is 35.4 Å². The van der Waals surface area contributed by atoms with Crippen LogP contribution in [0, 0.1) is 6.92 Å². The highest BCUT2D eigenvalue weighted by atomic mass is 35.5. The van der Waals surface area contributed by atoms with Gasteiger partial charge < -0.3 is 20.0 Å². The van der Waals surface area contributed by atoms with Crippen LogP contribution in [0.3, 0.4) is 0 Å². The van der Waals surface area contributed by atoms with Crippen molar-refractivity contribution in [2.45, 2.75) is 25.4 Å². The van der Waals surface area contributed by atoms with Crippen LogP contribution in [0.1, 0.15) is 35.5 Å². The van der Waals surface area contributed by atoms with Gasteiger partial charge in [0.1, 0.15) is 17.6 Å². The summed E-state index contributed by atoms with van der Waals surface area (Å²) in [7, 11) is 0. The van der Waals surface area contributed by atoms with E-state index in [2.05, 4.69) is 15.6 Å². The zero-order valence-corrected chi connectivity index (χ0v) is 21.2. The van der Waals surface area contributed by atoms with Crippen molar-refractivity contribution < 1.29 is 9.21 Å². The van der Waals surface area contributed by atoms with E-state index in [1.807, 2.05) is 90.7 Å². The zero-order chi connectivity index (χ0) is 25.1. The van der Waals surface area contributed by atoms with E-state index in [1.54, 1.807) is 6.20 Å². The number of nitrogens with zero attached hydrogens (tertiary/aromatic N) is 2. The minimum absolute atomic E-state index is 0.0806. The van der Waals surface area contributed by atoms with Crippen molar-refractivity contribution in [2.75, 3.05) is 11.9 Å². The van der Waals surface area contributed by atoms with Crippen LogP contribution in [0.25, 0.3) is 11.3 Å². The first kappa shape index (κ1) is 24.0. The Hall–Kier alpha value is -3.68. The molecule has 0 saturated carbocycles. The number of nitrogens with one attached hydrogen (secondary N) is 2. The lowest BCUT2D eigenvalue weighted by Crippen LogP contribution is -2.32. The minimum atomic E-state index is -0.263. The van der Waals surface area contributed by atoms with E-state index >= 15 is 0 Å². The van der Waals surface area contributed by atoms with Gasteiger partial charge in [-0.25, -0.2) is 0 Å². The Morgan fingerprint density at radius 1 is 1.08 bits per heavy atom. The van der Waals surface area contributed by atoms with E-state index in [0.29, 0.717) is 16.7 Å². The Morgan fingerprint density at radius 2 is 1.86 bits per heavy atom. The molecule has 8 heteroatoms. The van der Waals surface area contributed by atoms with Crippen molar-refractivity contribution in [1.29, 1.82) is 0 Å². The molecule has 1 aliphatic rings. The molecule has 0 radical (unpaired) electrons. The Balaban J connectivity index is 1.38. The molecule has 2 N–H and O–H groups in total. The second-order valence-electron chi connectivity index (χ2n) is 8.69. The number of hydrogen-bond acceptors (Lipinski definition) is 4. The van der Waals surface area contributed by atoms with Crippen LogP contribution in [0.5, 0.6) is 0 Å². The number of aryl methyl sites for hydroxylation is 1. The third-order valence-corrected chi connectivity index (χ3v) is 6.76. The molecule has 1 aliphatic heterocycles. The first-order valence-corrected chi connectivity index (χ1v) is 12.5. The summed E-state index contributed by atoms with van der Waals surface area (Å²) in [6, 6.07) is 24.5. The highest BCUT2D eigenvalue weighted by Crippen LogP contribution is 2.40. The minimum Gasteiger partial charge on any atom is -0.459 e. The fourth-order valence-electron chi connectivity index (χ4n) is 4.32. The van der Waals surface area contributed by atoms with Crippen LogP contribution in [0.15, 0.2) is 89.5 Å². The standard InChI is InChI=1S/C28H25ClN4O2S/c1-18-5-11-21(12-6-18)31-25(34)15-17-33-27(26(32-28(33)36)22-4-2-3-16-30-22)24-14-13-23(35-24)19-7-9-20(29)10-8-19/h2-14,16,26-27H,15,17H2,1H3,(H,31,34)(H,32,36)/t26-,27+/m1/s1. The summed E-state index contributed by atoms with van der Waals surface area (Å²) in [6.45, 7) is 2.44. The quantitative estimate of drug-likeness (QED) is 0.281. The van der Waals surface area contributed by atoms with Gasteiger partial charge in [0.2, 0.25) is 5.91 Å². The van der Waals surface area contributed by atoms with E-state index < -0.39 is 0 Å². The van der Waals surface area contributed by atoms with Crippen molar-refractivity contribution in [1.82, 2.24) is 15.2 Å². The third kappa shape index (κ3) is 5.27. The normalized spacial score (nSPS) is 17.2. The summed E-state index contributed by atoms with van der Waals surface area (Å²) in [5.41, 5.74) is 3.69. The second kappa shape index (κ2) is 10.5. The van der Waals surface area contributed by atoms with Gasteiger partial charge in [0, 0.05) is 35.4 Å². The molecule has 1 saturated heterocycles. The molecular weight excluding hydrogens is 492 g/mol. The molecule has 4 aromatic rings. The Kier molecular flexibility index (Phi) is 7.02. The number of halogens is 1. The molecule has 2 aromatic heterocycles. The second-order valence-corrected chi connectivity index (χ2v) is 9.52. The zero-order valence-electron chi connectivity index (χ0n) is 19.6. The molecule has 0 aliphatic carbocycles. The summed E-state index contributed by atoms with van der Waals surface area (Å²) in [6.07, 6.45) is 2.03. The van der Waals surface area contributed by atoms with Gasteiger partial charge in [-0.2, -0.15) is 0 Å². The highest BCUT2D eigenvalue weighted by Gasteiger charge is 2.41. The maximum absolute atomic E-state index is 12.7. The fraction of sp³-hybridized carbons (Fsp3) is 0.179. The number of furan rings is 1. The number of benzene rings is 2. The molecule has 0 unspecified atom stereocenters. The molecule has 0 spiro atoms. The first-order valence-electron chi connectivity index (χ1n) is 11.7. The summed E-state index contributed by atoms with van der Waals surface area (Å²) in [5.74, 6) is 1.39. The largest absolute Gasteiger partial charge is 0.459 e. The maximum atomic E-state index is 12.7. The molecule has 36 heavy (non-hydrogen) atoms. The van der Waals surface area contributed by atoms with Crippen molar-refractivity contribution in [2.24, 2.45) is 0 Å². The van der Waals surface area contributed by atoms with Gasteiger partial charge in [0.25, 0.3) is 0 Å². The molecular formula is C28H25ClN4O2S. The van der Waals surface area contributed by atoms with Crippen LogP contribution >= 0.6 is 23.8 Å². The molecule has 5 rings (SSSR count). The monoisotopic (exact) mass is 516 g/mol. The van der Waals surface area contributed by atoms with Crippen LogP contribution in [-0.2, 0) is 4.79 Å². The SMILES string of the molecule is Cc1ccc(NC(=O)CCN2C(=S)N[C@H](c3ccccn3)[C@@H]2c2ccc(-c3ccc(Cl)cc3)o2)cc1. The van der Waals surface area contributed by atoms with Gasteiger partial charge in [-0.3, -0.25) is 9.78 Å². The highest BCUT2D eigenvalue weighted by molar-refractivity contribution is 7.80. The summed E-state index contributed by atoms with van der Waals surface area (Å²) in [5, 5.41) is 7.58. The summed E-state index contributed by atoms with van der Waals surface area (Å²) < 4.78 is 6.32. The molecule has 3 heterocycles. The summed E-state index contributed by atoms with van der Waals surface area (Å²) in [4.78, 5) is 19.3. The predicted octanol–water partition coefficient (Wildman–Crippen LogP) is 6.30. The van der Waals surface area contributed by atoms with Crippen molar-refractivity contribution in [3.05, 3.63) is 107 Å². The van der Waals surface area contributed by atoms with E-state index in [-0.39, 0.29) is 24.4 Å². The van der Waals surface area contributed by atoms with Crippen molar-refractivity contribution in [3.63, 3.8) is 0 Å². The van der Waals surface area contributed by atoms with E-state index in [1.165, 1.54) is 0 Å². The van der Waals surface area contributed by atoms with Crippen LogP contribution in [0.4, 0.5) is 5.69 Å². The smallest absolute Gasteiger partial charge is 0.226 e. The molecule has 1 fully saturated rings. The molecule has 0 bridgehead atoms. The van der Waals surface area contributed by atoms with Crippen molar-refractivity contribution in [3.8, 4) is 11.3 Å². The number of aromatic nitrogens is 1. The van der Waals surface area contributed by atoms with Crippen LogP contribution in [0.2, 0.25) is 5.02 Å². The molecule has 1 amide bonds. The number of pyridine rings is 1. The maximum Gasteiger partial charge on any atom is 0.226 e. The van der Waals surface area contributed by atoms with Gasteiger partial charge in [0.05, 0.1) is 11.7 Å². The lowest BCUT2D eigenvalue weighted by atomic mass is 10.0. The number of carbonyl (C=O) groups is 1. The number of carbonyl (C=O) groups excluding carboxylic acids is 1. The van der Waals surface area contributed by atoms with Crippen LogP contribution < -0.4 is 10.6 Å². The average molecular weight is 517 g/mol. The van der Waals surface area contributed by atoms with E-state index in [0.717, 1.165) is 34.0 Å². The number of hydrogen-bond donors (Lipinski definition) is 2. The third-order valence-electron chi connectivity index (χ3n) is 6.16. The van der Waals surface area contributed by atoms with Crippen LogP contribution in [-0.4, -0.2) is 27.4 Å². The average Bonchev–Trinajstić information content (AvgIpc) is 3.50. The topological polar surface area (TPSA) is 70.4 Å². The number of amides is 1. The number of rotatable bonds is 7. The molecule has 182 valence electrons. The van der Waals surface area contributed by atoms with Gasteiger partial charge in [-0.15, -0.1) is 0 Å². The Labute approximate surface area is 220 Å². The lowest BCUT2D eigenvalue weighted by Gasteiger charge is -2.25. The van der Waals surface area contributed by atoms with Crippen molar-refractivity contribution >= 4 is 40.5 Å². The van der Waals surface area contributed by atoms with Gasteiger partial charge >= 0.3 is 0 Å². The fourth-order valence-corrected chi connectivity index (χ4v) is 4.78. The summed E-state index contributed by atoms with van der Waals surface area (Å²) >= 11 is 11.8. The molecule has 2 aromatic carbocycles. The first-order chi connectivity index (χ1) is 17.5. The predicted molar refractivity (Wildman–Crippen MR) is 146 cm³/mol. The van der Waals surface area contributed by atoms with Gasteiger partial charge in [-0.05, 0) is 79.8 Å². The van der Waals surface area contributed by atoms with E-state index in [4.69, 9.17) is 28.2 Å². The Bertz CT molecular complexity index is 1360.